The number of amides is 2. The van der Waals surface area contributed by atoms with E-state index in [0.29, 0.717) is 33.0 Å². The van der Waals surface area contributed by atoms with Gasteiger partial charge in [0.1, 0.15) is 0 Å². The Bertz CT molecular complexity index is 1240. The second kappa shape index (κ2) is 10.7. The topological polar surface area (TPSA) is 88.9 Å². The summed E-state index contributed by atoms with van der Waals surface area (Å²) in [5.41, 5.74) is 2.22. The summed E-state index contributed by atoms with van der Waals surface area (Å²) in [4.78, 5) is 25.2. The van der Waals surface area contributed by atoms with Gasteiger partial charge < -0.3 is 15.2 Å². The van der Waals surface area contributed by atoms with E-state index in [0.717, 1.165) is 11.4 Å². The van der Waals surface area contributed by atoms with E-state index in [9.17, 15) is 9.59 Å². The Labute approximate surface area is 204 Å². The molecule has 2 aromatic heterocycles. The highest BCUT2D eigenvalue weighted by Crippen LogP contribution is 2.25. The van der Waals surface area contributed by atoms with Crippen LogP contribution >= 0.6 is 34.7 Å². The fourth-order valence-electron chi connectivity index (χ4n) is 3.06. The van der Waals surface area contributed by atoms with Gasteiger partial charge in [0.2, 0.25) is 5.91 Å². The third kappa shape index (κ3) is 5.81. The number of halogens is 1. The van der Waals surface area contributed by atoms with E-state index >= 15 is 0 Å². The SMILES string of the molecule is CCn1c(SCC(=O)Nc2ccc(NC(=O)c3cccs3)cc2)nnc1-c1ccc(Cl)cc1. The fourth-order valence-corrected chi connectivity index (χ4v) is 4.60. The molecule has 0 aliphatic heterocycles. The minimum absolute atomic E-state index is 0.156. The van der Waals surface area contributed by atoms with E-state index in [1.807, 2.05) is 47.2 Å². The van der Waals surface area contributed by atoms with E-state index in [1.54, 1.807) is 30.3 Å². The Kier molecular flexibility index (Phi) is 7.43. The van der Waals surface area contributed by atoms with Crippen molar-refractivity contribution in [2.45, 2.75) is 18.6 Å². The summed E-state index contributed by atoms with van der Waals surface area (Å²) in [6, 6.07) is 18.0. The van der Waals surface area contributed by atoms with Crippen molar-refractivity contribution in [1.29, 1.82) is 0 Å². The lowest BCUT2D eigenvalue weighted by atomic mass is 10.2. The molecule has 2 aromatic carbocycles. The molecule has 0 atom stereocenters. The first-order valence-electron chi connectivity index (χ1n) is 10.1. The number of anilines is 2. The van der Waals surface area contributed by atoms with Crippen LogP contribution in [0.1, 0.15) is 16.6 Å². The zero-order valence-corrected chi connectivity index (χ0v) is 20.0. The number of carbonyl (C=O) groups excluding carboxylic acids is 2. The maximum Gasteiger partial charge on any atom is 0.265 e. The third-order valence-corrected chi connectivity index (χ3v) is 6.73. The molecule has 0 bridgehead atoms. The van der Waals surface area contributed by atoms with Crippen LogP contribution in [0.4, 0.5) is 11.4 Å². The summed E-state index contributed by atoms with van der Waals surface area (Å²) < 4.78 is 1.96. The number of aromatic nitrogens is 3. The standard InChI is InChI=1S/C23H20ClN5O2S2/c1-2-29-21(15-5-7-16(24)8-6-15)27-28-23(29)33-14-20(30)25-17-9-11-18(12-10-17)26-22(31)19-4-3-13-32-19/h3-13H,2,14H2,1H3,(H,25,30)(H,26,31). The van der Waals surface area contributed by atoms with Crippen molar-refractivity contribution in [3.05, 3.63) is 75.9 Å². The maximum atomic E-state index is 12.4. The molecule has 0 spiro atoms. The lowest BCUT2D eigenvalue weighted by Gasteiger charge is -2.09. The molecule has 0 saturated carbocycles. The van der Waals surface area contributed by atoms with Crippen molar-refractivity contribution in [2.24, 2.45) is 0 Å². The molecule has 0 radical (unpaired) electrons. The van der Waals surface area contributed by atoms with Crippen LogP contribution in [0.3, 0.4) is 0 Å². The van der Waals surface area contributed by atoms with Crippen molar-refractivity contribution < 1.29 is 9.59 Å². The van der Waals surface area contributed by atoms with E-state index < -0.39 is 0 Å². The van der Waals surface area contributed by atoms with Crippen molar-refractivity contribution >= 4 is 57.9 Å². The molecule has 0 aliphatic carbocycles. The van der Waals surface area contributed by atoms with Crippen LogP contribution in [0.2, 0.25) is 5.02 Å². The lowest BCUT2D eigenvalue weighted by Crippen LogP contribution is -2.15. The van der Waals surface area contributed by atoms with Gasteiger partial charge >= 0.3 is 0 Å². The van der Waals surface area contributed by atoms with E-state index in [1.165, 1.54) is 23.1 Å². The Hall–Kier alpha value is -3.14. The molecule has 7 nitrogen and oxygen atoms in total. The Morgan fingerprint density at radius 2 is 1.70 bits per heavy atom. The highest BCUT2D eigenvalue weighted by molar-refractivity contribution is 7.99. The van der Waals surface area contributed by atoms with Crippen LogP contribution in [-0.4, -0.2) is 32.3 Å². The highest BCUT2D eigenvalue weighted by Gasteiger charge is 2.15. The fraction of sp³-hybridized carbons (Fsp3) is 0.130. The van der Waals surface area contributed by atoms with Crippen LogP contribution in [0.5, 0.6) is 0 Å². The summed E-state index contributed by atoms with van der Waals surface area (Å²) in [6.07, 6.45) is 0. The zero-order chi connectivity index (χ0) is 23.2. The minimum Gasteiger partial charge on any atom is -0.325 e. The molecule has 0 aliphatic rings. The van der Waals surface area contributed by atoms with Crippen molar-refractivity contribution in [1.82, 2.24) is 14.8 Å². The van der Waals surface area contributed by atoms with Gasteiger partial charge in [0.05, 0.1) is 10.6 Å². The minimum atomic E-state index is -0.158. The number of nitrogens with zero attached hydrogens (tertiary/aromatic N) is 3. The number of nitrogens with one attached hydrogen (secondary N) is 2. The predicted octanol–water partition coefficient (Wildman–Crippen LogP) is 5.66. The summed E-state index contributed by atoms with van der Waals surface area (Å²) in [6.45, 7) is 2.68. The second-order valence-corrected chi connectivity index (χ2v) is 9.23. The van der Waals surface area contributed by atoms with Gasteiger partial charge in [0.15, 0.2) is 11.0 Å². The van der Waals surface area contributed by atoms with E-state index in [2.05, 4.69) is 20.8 Å². The average Bonchev–Trinajstić information content (AvgIpc) is 3.50. The predicted molar refractivity (Wildman–Crippen MR) is 134 cm³/mol. The largest absolute Gasteiger partial charge is 0.325 e. The highest BCUT2D eigenvalue weighted by atomic mass is 35.5. The lowest BCUT2D eigenvalue weighted by molar-refractivity contribution is -0.113. The molecular weight excluding hydrogens is 478 g/mol. The Morgan fingerprint density at radius 3 is 2.33 bits per heavy atom. The molecule has 0 fully saturated rings. The molecule has 2 N–H and O–H groups in total. The first-order valence-corrected chi connectivity index (χ1v) is 12.3. The molecule has 168 valence electrons. The normalized spacial score (nSPS) is 10.7. The van der Waals surface area contributed by atoms with Gasteiger partial charge in [-0.05, 0) is 66.9 Å². The van der Waals surface area contributed by atoms with Gasteiger partial charge in [-0.2, -0.15) is 0 Å². The molecule has 4 rings (SSSR count). The van der Waals surface area contributed by atoms with E-state index in [4.69, 9.17) is 11.6 Å². The molecule has 2 amide bonds. The maximum absolute atomic E-state index is 12.4. The average molecular weight is 498 g/mol. The van der Waals surface area contributed by atoms with Crippen LogP contribution in [0.25, 0.3) is 11.4 Å². The summed E-state index contributed by atoms with van der Waals surface area (Å²) >= 11 is 8.68. The zero-order valence-electron chi connectivity index (χ0n) is 17.6. The number of carbonyl (C=O) groups is 2. The molecule has 0 saturated heterocycles. The number of rotatable bonds is 8. The van der Waals surface area contributed by atoms with Crippen molar-refractivity contribution in [3.63, 3.8) is 0 Å². The first-order chi connectivity index (χ1) is 16.0. The molecular formula is C23H20ClN5O2S2. The number of hydrogen-bond donors (Lipinski definition) is 2. The van der Waals surface area contributed by atoms with Crippen LogP contribution in [-0.2, 0) is 11.3 Å². The number of benzene rings is 2. The quantitative estimate of drug-likeness (QED) is 0.306. The Balaban J connectivity index is 1.33. The summed E-state index contributed by atoms with van der Waals surface area (Å²) in [7, 11) is 0. The summed E-state index contributed by atoms with van der Waals surface area (Å²) in [5.74, 6) is 0.609. The number of thioether (sulfide) groups is 1. The van der Waals surface area contributed by atoms with E-state index in [-0.39, 0.29) is 17.6 Å². The number of hydrogen-bond acceptors (Lipinski definition) is 6. The van der Waals surface area contributed by atoms with Gasteiger partial charge in [0.25, 0.3) is 5.91 Å². The van der Waals surface area contributed by atoms with Crippen LogP contribution < -0.4 is 10.6 Å². The molecule has 33 heavy (non-hydrogen) atoms. The third-order valence-electron chi connectivity index (χ3n) is 4.64. The first kappa shape index (κ1) is 23.0. The molecule has 4 aromatic rings. The molecule has 0 unspecified atom stereocenters. The second-order valence-electron chi connectivity index (χ2n) is 6.90. The smallest absolute Gasteiger partial charge is 0.265 e. The molecule has 10 heteroatoms. The van der Waals surface area contributed by atoms with Crippen LogP contribution in [0, 0.1) is 0 Å². The Morgan fingerprint density at radius 1 is 1.00 bits per heavy atom. The molecule has 2 heterocycles. The van der Waals surface area contributed by atoms with Gasteiger partial charge in [0, 0.05) is 28.5 Å². The van der Waals surface area contributed by atoms with Gasteiger partial charge in [-0.1, -0.05) is 29.4 Å². The number of thiophene rings is 1. The van der Waals surface area contributed by atoms with Crippen molar-refractivity contribution in [2.75, 3.05) is 16.4 Å². The van der Waals surface area contributed by atoms with Gasteiger partial charge in [-0.25, -0.2) is 0 Å². The van der Waals surface area contributed by atoms with Crippen molar-refractivity contribution in [3.8, 4) is 11.4 Å². The summed E-state index contributed by atoms with van der Waals surface area (Å²) in [5, 5.41) is 17.4. The monoisotopic (exact) mass is 497 g/mol. The van der Waals surface area contributed by atoms with Gasteiger partial charge in [-0.15, -0.1) is 21.5 Å². The van der Waals surface area contributed by atoms with Gasteiger partial charge in [-0.3, -0.25) is 9.59 Å². The van der Waals surface area contributed by atoms with Crippen LogP contribution in [0.15, 0.2) is 71.2 Å².